The SMILES string of the molecule is Cc1cn(/C=C(\CO)COP(=O)(O)OC[C@H]2O[C@@H](n3cc(C)c(=O)[nH]c3=O)C[C@@H]2O)c(=O)[nH]c1=O. The van der Waals surface area contributed by atoms with Crippen LogP contribution in [0.2, 0.25) is 0 Å². The van der Waals surface area contributed by atoms with Crippen LogP contribution in [0.15, 0.2) is 37.1 Å². The van der Waals surface area contributed by atoms with Crippen LogP contribution in [0, 0.1) is 13.8 Å². The van der Waals surface area contributed by atoms with Crippen molar-refractivity contribution < 1.29 is 33.5 Å². The van der Waals surface area contributed by atoms with Crippen molar-refractivity contribution in [3.63, 3.8) is 0 Å². The molecule has 1 aliphatic heterocycles. The van der Waals surface area contributed by atoms with E-state index in [1.165, 1.54) is 26.2 Å². The van der Waals surface area contributed by atoms with E-state index in [0.717, 1.165) is 15.3 Å². The van der Waals surface area contributed by atoms with Gasteiger partial charge in [0.2, 0.25) is 0 Å². The van der Waals surface area contributed by atoms with Gasteiger partial charge in [-0.05, 0) is 19.4 Å². The second-order valence-corrected chi connectivity index (χ2v) is 9.33. The summed E-state index contributed by atoms with van der Waals surface area (Å²) >= 11 is 0. The molecule has 0 saturated carbocycles. The van der Waals surface area contributed by atoms with Crippen LogP contribution < -0.4 is 22.5 Å². The fourth-order valence-electron chi connectivity index (χ4n) is 3.21. The molecule has 1 fully saturated rings. The van der Waals surface area contributed by atoms with Crippen LogP contribution in [0.4, 0.5) is 0 Å². The van der Waals surface area contributed by atoms with Crippen molar-refractivity contribution >= 4 is 14.0 Å². The summed E-state index contributed by atoms with van der Waals surface area (Å²) in [6.45, 7) is 1.15. The first-order valence-electron chi connectivity index (χ1n) is 10.3. The highest BCUT2D eigenvalue weighted by molar-refractivity contribution is 7.47. The molecule has 0 aromatic carbocycles. The first kappa shape index (κ1) is 26.7. The maximum atomic E-state index is 12.3. The quantitative estimate of drug-likeness (QED) is 0.237. The number of hydrogen-bond donors (Lipinski definition) is 5. The van der Waals surface area contributed by atoms with Crippen LogP contribution in [0.3, 0.4) is 0 Å². The third-order valence-electron chi connectivity index (χ3n) is 5.15. The van der Waals surface area contributed by atoms with E-state index in [-0.39, 0.29) is 23.1 Å². The molecule has 5 N–H and O–H groups in total. The molecule has 0 aliphatic carbocycles. The predicted octanol–water partition coefficient (Wildman–Crippen LogP) is -1.68. The summed E-state index contributed by atoms with van der Waals surface area (Å²) in [6, 6.07) is 0. The Morgan fingerprint density at radius 3 is 2.43 bits per heavy atom. The van der Waals surface area contributed by atoms with Crippen LogP contribution in [0.1, 0.15) is 23.8 Å². The zero-order valence-corrected chi connectivity index (χ0v) is 19.6. The van der Waals surface area contributed by atoms with Gasteiger partial charge in [0, 0.05) is 36.1 Å². The normalized spacial score (nSPS) is 22.3. The Balaban J connectivity index is 1.61. The lowest BCUT2D eigenvalue weighted by atomic mass is 10.2. The number of phosphoric ester groups is 1. The smallest absolute Gasteiger partial charge is 0.392 e. The van der Waals surface area contributed by atoms with Crippen LogP contribution in [-0.4, -0.2) is 66.2 Å². The zero-order chi connectivity index (χ0) is 25.9. The summed E-state index contributed by atoms with van der Waals surface area (Å²) in [6.07, 6.45) is 0.408. The molecular formula is C19H25N4O11P. The second kappa shape index (κ2) is 10.8. The third kappa shape index (κ3) is 6.61. The number of hydrogen-bond acceptors (Lipinski definition) is 10. The third-order valence-corrected chi connectivity index (χ3v) is 6.08. The van der Waals surface area contributed by atoms with Crippen molar-refractivity contribution in [2.24, 2.45) is 0 Å². The summed E-state index contributed by atoms with van der Waals surface area (Å²) in [4.78, 5) is 61.0. The van der Waals surface area contributed by atoms with E-state index >= 15 is 0 Å². The fourth-order valence-corrected chi connectivity index (χ4v) is 3.95. The van der Waals surface area contributed by atoms with E-state index in [9.17, 15) is 38.8 Å². The van der Waals surface area contributed by atoms with Crippen molar-refractivity contribution in [1.82, 2.24) is 19.1 Å². The van der Waals surface area contributed by atoms with E-state index in [2.05, 4.69) is 9.97 Å². The van der Waals surface area contributed by atoms with E-state index in [0.29, 0.717) is 0 Å². The molecule has 16 heteroatoms. The van der Waals surface area contributed by atoms with Gasteiger partial charge in [0.15, 0.2) is 0 Å². The van der Waals surface area contributed by atoms with Gasteiger partial charge in [0.1, 0.15) is 12.3 Å². The largest absolute Gasteiger partial charge is 0.472 e. The molecule has 0 radical (unpaired) electrons. The molecule has 2 aromatic heterocycles. The topological polar surface area (TPSA) is 215 Å². The number of aryl methyl sites for hydroxylation is 2. The molecule has 1 aliphatic rings. The Bertz CT molecular complexity index is 1390. The highest BCUT2D eigenvalue weighted by Gasteiger charge is 2.37. The summed E-state index contributed by atoms with van der Waals surface area (Å²) in [5.41, 5.74) is -2.16. The van der Waals surface area contributed by atoms with Crippen molar-refractivity contribution in [3.05, 3.63) is 70.8 Å². The molecule has 0 bridgehead atoms. The summed E-state index contributed by atoms with van der Waals surface area (Å²) in [5.74, 6) is 0. The number of nitrogens with one attached hydrogen (secondary N) is 2. The van der Waals surface area contributed by atoms with E-state index in [1.807, 2.05) is 0 Å². The molecule has 3 rings (SSSR count). The molecule has 15 nitrogen and oxygen atoms in total. The number of ether oxygens (including phenoxy) is 1. The highest BCUT2D eigenvalue weighted by Crippen LogP contribution is 2.44. The molecule has 3 heterocycles. The van der Waals surface area contributed by atoms with Gasteiger partial charge in [-0.1, -0.05) is 0 Å². The van der Waals surface area contributed by atoms with E-state index in [4.69, 9.17) is 13.8 Å². The lowest BCUT2D eigenvalue weighted by Crippen LogP contribution is -2.33. The van der Waals surface area contributed by atoms with Gasteiger partial charge < -0.3 is 19.8 Å². The average Bonchev–Trinajstić information content (AvgIpc) is 3.16. The van der Waals surface area contributed by atoms with Crippen molar-refractivity contribution in [3.8, 4) is 0 Å². The lowest BCUT2D eigenvalue weighted by molar-refractivity contribution is -0.0463. The van der Waals surface area contributed by atoms with Crippen LogP contribution in [0.25, 0.3) is 6.20 Å². The number of aromatic nitrogens is 4. The van der Waals surface area contributed by atoms with E-state index < -0.39 is 68.6 Å². The first-order valence-corrected chi connectivity index (χ1v) is 11.8. The minimum Gasteiger partial charge on any atom is -0.392 e. The Hall–Kier alpha value is -2.91. The molecule has 4 atom stereocenters. The summed E-state index contributed by atoms with van der Waals surface area (Å²) in [7, 11) is -4.69. The second-order valence-electron chi connectivity index (χ2n) is 7.87. The maximum absolute atomic E-state index is 12.3. The molecule has 0 spiro atoms. The maximum Gasteiger partial charge on any atom is 0.472 e. The van der Waals surface area contributed by atoms with Gasteiger partial charge in [-0.3, -0.25) is 37.7 Å². The first-order chi connectivity index (χ1) is 16.4. The number of H-pyrrole nitrogens is 2. The Morgan fingerprint density at radius 1 is 1.14 bits per heavy atom. The van der Waals surface area contributed by atoms with E-state index in [1.54, 1.807) is 0 Å². The van der Waals surface area contributed by atoms with Crippen molar-refractivity contribution in [1.29, 1.82) is 0 Å². The Morgan fingerprint density at radius 2 is 1.77 bits per heavy atom. The van der Waals surface area contributed by atoms with Crippen molar-refractivity contribution in [2.75, 3.05) is 19.8 Å². The van der Waals surface area contributed by atoms with Crippen LogP contribution in [-0.2, 0) is 18.3 Å². The Kier molecular flexibility index (Phi) is 8.22. The molecule has 1 saturated heterocycles. The van der Waals surface area contributed by atoms with Gasteiger partial charge in [0.25, 0.3) is 11.1 Å². The number of phosphoric acid groups is 1. The number of aliphatic hydroxyl groups excluding tert-OH is 2. The summed E-state index contributed by atoms with van der Waals surface area (Å²) < 4.78 is 29.6. The van der Waals surface area contributed by atoms with Gasteiger partial charge in [-0.15, -0.1) is 0 Å². The van der Waals surface area contributed by atoms with Crippen molar-refractivity contribution in [2.45, 2.75) is 38.7 Å². The summed E-state index contributed by atoms with van der Waals surface area (Å²) in [5, 5.41) is 19.7. The van der Waals surface area contributed by atoms with Gasteiger partial charge in [-0.2, -0.15) is 0 Å². The molecule has 2 aromatic rings. The number of rotatable bonds is 9. The molecule has 0 amide bonds. The minimum absolute atomic E-state index is 0.0152. The zero-order valence-electron chi connectivity index (χ0n) is 18.7. The predicted molar refractivity (Wildman–Crippen MR) is 120 cm³/mol. The van der Waals surface area contributed by atoms with Gasteiger partial charge in [0.05, 0.1) is 25.9 Å². The monoisotopic (exact) mass is 516 g/mol. The molecule has 1 unspecified atom stereocenters. The standard InChI is InChI=1S/C19H25N4O11P/c1-10-4-22(18(28)20-16(10)26)6-12(7-24)8-32-35(30,31)33-9-14-13(25)3-15(34-14)23-5-11(2)17(27)21-19(23)29/h4-6,13-15,24-25H,3,7-9H2,1-2H3,(H,30,31)(H,20,26,28)(H,21,27,29)/b12-6+/t13-,14+,15+/m0/s1. The minimum atomic E-state index is -4.69. The molecular weight excluding hydrogens is 491 g/mol. The lowest BCUT2D eigenvalue weighted by Gasteiger charge is -2.18. The molecule has 35 heavy (non-hydrogen) atoms. The fraction of sp³-hybridized carbons (Fsp3) is 0.474. The average molecular weight is 516 g/mol. The van der Waals surface area contributed by atoms with Crippen LogP contribution in [0.5, 0.6) is 0 Å². The van der Waals surface area contributed by atoms with Crippen LogP contribution >= 0.6 is 7.82 Å². The number of aliphatic hydroxyl groups is 2. The number of aromatic amines is 2. The van der Waals surface area contributed by atoms with Gasteiger partial charge >= 0.3 is 19.2 Å². The van der Waals surface area contributed by atoms with Gasteiger partial charge in [-0.25, -0.2) is 14.2 Å². The highest BCUT2D eigenvalue weighted by atomic mass is 31.2. The molecule has 192 valence electrons. The number of nitrogens with zero attached hydrogens (tertiary/aromatic N) is 2. The Labute approximate surface area is 196 Å².